The van der Waals surface area contributed by atoms with Crippen LogP contribution in [0.3, 0.4) is 0 Å². The lowest BCUT2D eigenvalue weighted by Crippen LogP contribution is -2.36. The first-order valence-electron chi connectivity index (χ1n) is 7.25. The van der Waals surface area contributed by atoms with Gasteiger partial charge in [0.15, 0.2) is 0 Å². The molecule has 3 N–H and O–H groups in total. The lowest BCUT2D eigenvalue weighted by Gasteiger charge is -2.19. The maximum atomic E-state index is 12.2. The molecule has 0 saturated heterocycles. The molecule has 0 fully saturated rings. The number of hydrogen-bond acceptors (Lipinski definition) is 3. The van der Waals surface area contributed by atoms with Crippen molar-refractivity contribution in [3.63, 3.8) is 0 Å². The highest BCUT2D eigenvalue weighted by Gasteiger charge is 2.31. The number of halogens is 1. The summed E-state index contributed by atoms with van der Waals surface area (Å²) in [6, 6.07) is 11.8. The summed E-state index contributed by atoms with van der Waals surface area (Å²) in [5, 5.41) is 16.1. The molecule has 0 heterocycles. The molecule has 0 aliphatic heterocycles. The summed E-state index contributed by atoms with van der Waals surface area (Å²) in [6.07, 6.45) is -0.111. The SMILES string of the molecule is COc1ccc(Cl)c(NC(=O)N[C@@H]2c3ccccc3C[C@@H]2O)c1. The first-order valence-corrected chi connectivity index (χ1v) is 7.63. The zero-order valence-electron chi connectivity index (χ0n) is 12.5. The second kappa shape index (κ2) is 6.48. The van der Waals surface area contributed by atoms with Crippen molar-refractivity contribution in [2.75, 3.05) is 12.4 Å². The molecule has 2 atom stereocenters. The summed E-state index contributed by atoms with van der Waals surface area (Å²) in [5.41, 5.74) is 2.43. The fourth-order valence-corrected chi connectivity index (χ4v) is 2.94. The topological polar surface area (TPSA) is 70.6 Å². The molecular formula is C17H17ClN2O3. The first kappa shape index (κ1) is 15.6. The Balaban J connectivity index is 1.73. The Morgan fingerprint density at radius 1 is 1.30 bits per heavy atom. The third-order valence-corrected chi connectivity index (χ3v) is 4.24. The van der Waals surface area contributed by atoms with Gasteiger partial charge in [-0.2, -0.15) is 0 Å². The Hall–Kier alpha value is -2.24. The number of benzene rings is 2. The normalized spacial score (nSPS) is 19.1. The van der Waals surface area contributed by atoms with Crippen molar-refractivity contribution in [2.45, 2.75) is 18.6 Å². The highest BCUT2D eigenvalue weighted by Crippen LogP contribution is 2.32. The predicted molar refractivity (Wildman–Crippen MR) is 89.1 cm³/mol. The van der Waals surface area contributed by atoms with E-state index in [0.29, 0.717) is 22.9 Å². The Bertz CT molecular complexity index is 736. The molecule has 1 aliphatic rings. The Kier molecular flexibility index (Phi) is 4.41. The van der Waals surface area contributed by atoms with Crippen LogP contribution in [0.1, 0.15) is 17.2 Å². The lowest BCUT2D eigenvalue weighted by molar-refractivity contribution is 0.144. The van der Waals surface area contributed by atoms with Crippen LogP contribution in [0.25, 0.3) is 0 Å². The fourth-order valence-electron chi connectivity index (χ4n) is 2.77. The highest BCUT2D eigenvalue weighted by atomic mass is 35.5. The van der Waals surface area contributed by atoms with Crippen LogP contribution in [0.2, 0.25) is 5.02 Å². The van der Waals surface area contributed by atoms with Crippen LogP contribution in [0.5, 0.6) is 5.75 Å². The van der Waals surface area contributed by atoms with Gasteiger partial charge in [-0.3, -0.25) is 0 Å². The third kappa shape index (κ3) is 3.25. The van der Waals surface area contributed by atoms with E-state index in [1.54, 1.807) is 25.3 Å². The molecule has 2 aromatic carbocycles. The number of aliphatic hydroxyl groups excluding tert-OH is 1. The molecule has 3 rings (SSSR count). The van der Waals surface area contributed by atoms with Gasteiger partial charge in [0.25, 0.3) is 0 Å². The smallest absolute Gasteiger partial charge is 0.319 e. The number of anilines is 1. The van der Waals surface area contributed by atoms with Crippen molar-refractivity contribution < 1.29 is 14.6 Å². The van der Waals surface area contributed by atoms with Gasteiger partial charge in [-0.25, -0.2) is 4.79 Å². The number of nitrogens with one attached hydrogen (secondary N) is 2. The number of aliphatic hydroxyl groups is 1. The molecule has 0 radical (unpaired) electrons. The Morgan fingerprint density at radius 2 is 2.09 bits per heavy atom. The number of rotatable bonds is 3. The Labute approximate surface area is 139 Å². The van der Waals surface area contributed by atoms with Crippen molar-refractivity contribution in [1.82, 2.24) is 5.32 Å². The fraction of sp³-hybridized carbons (Fsp3) is 0.235. The van der Waals surface area contributed by atoms with Crippen molar-refractivity contribution in [3.8, 4) is 5.75 Å². The molecule has 0 spiro atoms. The van der Waals surface area contributed by atoms with Gasteiger partial charge in [0, 0.05) is 12.5 Å². The van der Waals surface area contributed by atoms with Gasteiger partial charge in [-0.15, -0.1) is 0 Å². The van der Waals surface area contributed by atoms with Crippen LogP contribution < -0.4 is 15.4 Å². The maximum Gasteiger partial charge on any atom is 0.319 e. The van der Waals surface area contributed by atoms with Gasteiger partial charge in [0.05, 0.1) is 30.0 Å². The van der Waals surface area contributed by atoms with Crippen LogP contribution in [0.4, 0.5) is 10.5 Å². The monoisotopic (exact) mass is 332 g/mol. The van der Waals surface area contributed by atoms with E-state index < -0.39 is 18.2 Å². The van der Waals surface area contributed by atoms with E-state index in [-0.39, 0.29) is 0 Å². The Morgan fingerprint density at radius 3 is 2.87 bits per heavy atom. The molecule has 5 nitrogen and oxygen atoms in total. The lowest BCUT2D eigenvalue weighted by atomic mass is 10.1. The number of fused-ring (bicyclic) bond motifs is 1. The summed E-state index contributed by atoms with van der Waals surface area (Å²) in [5.74, 6) is 0.593. The van der Waals surface area contributed by atoms with Gasteiger partial charge in [0.2, 0.25) is 0 Å². The predicted octanol–water partition coefficient (Wildman–Crippen LogP) is 3.13. The highest BCUT2D eigenvalue weighted by molar-refractivity contribution is 6.33. The van der Waals surface area contributed by atoms with Crippen molar-refractivity contribution in [1.29, 1.82) is 0 Å². The van der Waals surface area contributed by atoms with Gasteiger partial charge < -0.3 is 20.5 Å². The van der Waals surface area contributed by atoms with E-state index in [1.165, 1.54) is 0 Å². The maximum absolute atomic E-state index is 12.2. The van der Waals surface area contributed by atoms with E-state index >= 15 is 0 Å². The van der Waals surface area contributed by atoms with Crippen LogP contribution in [-0.4, -0.2) is 24.4 Å². The number of hydrogen-bond donors (Lipinski definition) is 3. The third-order valence-electron chi connectivity index (χ3n) is 3.91. The number of ether oxygens (including phenoxy) is 1. The number of carbonyl (C=O) groups is 1. The van der Waals surface area contributed by atoms with E-state index in [4.69, 9.17) is 16.3 Å². The van der Waals surface area contributed by atoms with E-state index in [9.17, 15) is 9.90 Å². The molecule has 0 aromatic heterocycles. The summed E-state index contributed by atoms with van der Waals surface area (Å²) in [6.45, 7) is 0. The zero-order chi connectivity index (χ0) is 16.4. The largest absolute Gasteiger partial charge is 0.497 e. The second-order valence-corrected chi connectivity index (χ2v) is 5.80. The molecule has 0 saturated carbocycles. The average Bonchev–Trinajstić information content (AvgIpc) is 2.85. The minimum absolute atomic E-state index is 0.410. The van der Waals surface area contributed by atoms with Crippen LogP contribution in [-0.2, 0) is 6.42 Å². The van der Waals surface area contributed by atoms with Crippen LogP contribution in [0.15, 0.2) is 42.5 Å². The first-order chi connectivity index (χ1) is 11.1. The average molecular weight is 333 g/mol. The van der Waals surface area contributed by atoms with Crippen molar-refractivity contribution in [3.05, 3.63) is 58.6 Å². The molecule has 0 unspecified atom stereocenters. The molecule has 0 bridgehead atoms. The molecule has 2 aromatic rings. The van der Waals surface area contributed by atoms with Gasteiger partial charge in [-0.05, 0) is 23.3 Å². The van der Waals surface area contributed by atoms with Crippen LogP contribution >= 0.6 is 11.6 Å². The number of methoxy groups -OCH3 is 1. The molecule has 120 valence electrons. The molecule has 23 heavy (non-hydrogen) atoms. The van der Waals surface area contributed by atoms with Crippen molar-refractivity contribution in [2.24, 2.45) is 0 Å². The molecular weight excluding hydrogens is 316 g/mol. The van der Waals surface area contributed by atoms with Gasteiger partial charge >= 0.3 is 6.03 Å². The standard InChI is InChI=1S/C17H17ClN2O3/c1-23-11-6-7-13(18)14(9-11)19-17(22)20-16-12-5-3-2-4-10(12)8-15(16)21/h2-7,9,15-16,21H,8H2,1H3,(H2,19,20,22)/t15-,16+/m0/s1. The van der Waals surface area contributed by atoms with E-state index in [1.807, 2.05) is 24.3 Å². The second-order valence-electron chi connectivity index (χ2n) is 5.39. The van der Waals surface area contributed by atoms with Gasteiger partial charge in [0.1, 0.15) is 5.75 Å². The van der Waals surface area contributed by atoms with Crippen molar-refractivity contribution >= 4 is 23.3 Å². The summed E-state index contributed by atoms with van der Waals surface area (Å²) >= 11 is 6.08. The molecule has 1 aliphatic carbocycles. The summed E-state index contributed by atoms with van der Waals surface area (Å²) in [7, 11) is 1.54. The zero-order valence-corrected chi connectivity index (χ0v) is 13.3. The summed E-state index contributed by atoms with van der Waals surface area (Å²) in [4.78, 5) is 12.2. The molecule has 2 amide bonds. The number of carbonyl (C=O) groups excluding carboxylic acids is 1. The minimum atomic E-state index is -0.640. The molecule has 6 heteroatoms. The minimum Gasteiger partial charge on any atom is -0.497 e. The van der Waals surface area contributed by atoms with E-state index in [0.717, 1.165) is 11.1 Å². The van der Waals surface area contributed by atoms with E-state index in [2.05, 4.69) is 10.6 Å². The van der Waals surface area contributed by atoms with Gasteiger partial charge in [-0.1, -0.05) is 35.9 Å². The quantitative estimate of drug-likeness (QED) is 0.808. The van der Waals surface area contributed by atoms with Crippen LogP contribution in [0, 0.1) is 0 Å². The number of amides is 2. The summed E-state index contributed by atoms with van der Waals surface area (Å²) < 4.78 is 5.12. The number of urea groups is 1.